The second-order valence-electron chi connectivity index (χ2n) is 5.50. The summed E-state index contributed by atoms with van der Waals surface area (Å²) in [6, 6.07) is 0. The molecule has 3 atom stereocenters. The zero-order valence-corrected chi connectivity index (χ0v) is 10.0. The molecule has 5 heteroatoms. The molecule has 0 aromatic carbocycles. The summed E-state index contributed by atoms with van der Waals surface area (Å²) in [4.78, 5) is 10.7. The van der Waals surface area contributed by atoms with Crippen LogP contribution in [0.15, 0.2) is 0 Å². The Morgan fingerprint density at radius 3 is 2.71 bits per heavy atom. The van der Waals surface area contributed by atoms with Crippen molar-refractivity contribution in [2.24, 2.45) is 11.8 Å². The molecule has 17 heavy (non-hydrogen) atoms. The van der Waals surface area contributed by atoms with Gasteiger partial charge in [0.15, 0.2) is 0 Å². The van der Waals surface area contributed by atoms with Crippen LogP contribution in [0.25, 0.3) is 0 Å². The molecule has 2 aliphatic carbocycles. The molecule has 0 heterocycles. The molecule has 0 saturated heterocycles. The molecule has 2 aliphatic rings. The van der Waals surface area contributed by atoms with Crippen LogP contribution in [0.3, 0.4) is 0 Å². The van der Waals surface area contributed by atoms with Crippen LogP contribution >= 0.6 is 0 Å². The maximum absolute atomic E-state index is 13.3. The van der Waals surface area contributed by atoms with Gasteiger partial charge >= 0.3 is 0 Å². The lowest BCUT2D eigenvalue weighted by Gasteiger charge is -2.31. The topological polar surface area (TPSA) is 38.3 Å². The van der Waals surface area contributed by atoms with E-state index >= 15 is 0 Å². The van der Waals surface area contributed by atoms with E-state index in [0.29, 0.717) is 31.8 Å². The van der Waals surface area contributed by atoms with E-state index in [0.717, 1.165) is 6.42 Å². The Morgan fingerprint density at radius 1 is 1.35 bits per heavy atom. The van der Waals surface area contributed by atoms with Gasteiger partial charge in [0.25, 0.3) is 0 Å². The molecule has 1 N–H and O–H groups in total. The van der Waals surface area contributed by atoms with Crippen LogP contribution in [-0.4, -0.2) is 31.6 Å². The number of alkyl halides is 2. The molecular weight excluding hydrogens is 228 g/mol. The van der Waals surface area contributed by atoms with E-state index in [1.807, 2.05) is 0 Å². The first-order valence-corrected chi connectivity index (χ1v) is 6.08. The monoisotopic (exact) mass is 247 g/mol. The van der Waals surface area contributed by atoms with Gasteiger partial charge in [-0.15, -0.1) is 0 Å². The number of ether oxygens (including phenoxy) is 1. The first-order chi connectivity index (χ1) is 8.00. The quantitative estimate of drug-likeness (QED) is 0.771. The van der Waals surface area contributed by atoms with Crippen LogP contribution in [0.1, 0.15) is 32.1 Å². The van der Waals surface area contributed by atoms with Crippen molar-refractivity contribution in [3.63, 3.8) is 0 Å². The van der Waals surface area contributed by atoms with Crippen molar-refractivity contribution in [1.82, 2.24) is 5.32 Å². The van der Waals surface area contributed by atoms with Crippen molar-refractivity contribution in [2.75, 3.05) is 13.7 Å². The maximum atomic E-state index is 13.3. The van der Waals surface area contributed by atoms with E-state index in [-0.39, 0.29) is 18.8 Å². The average molecular weight is 247 g/mol. The van der Waals surface area contributed by atoms with Gasteiger partial charge in [0.1, 0.15) is 0 Å². The first kappa shape index (κ1) is 12.7. The minimum absolute atomic E-state index is 0.0151. The van der Waals surface area contributed by atoms with Crippen LogP contribution in [0.2, 0.25) is 0 Å². The predicted molar refractivity (Wildman–Crippen MR) is 58.8 cm³/mol. The standard InChI is InChI=1S/C12H19F2NO2/c1-17-7-11(15-8-16)4-9-2-3-12(13,14)6-10(9)5-11/h8-10H,2-7H2,1H3,(H,15,16). The third kappa shape index (κ3) is 2.59. The summed E-state index contributed by atoms with van der Waals surface area (Å²) >= 11 is 0. The van der Waals surface area contributed by atoms with Gasteiger partial charge in [0, 0.05) is 20.0 Å². The Morgan fingerprint density at radius 2 is 2.06 bits per heavy atom. The molecule has 3 nitrogen and oxygen atoms in total. The molecule has 0 spiro atoms. The van der Waals surface area contributed by atoms with E-state index in [4.69, 9.17) is 4.74 Å². The second-order valence-corrected chi connectivity index (χ2v) is 5.50. The maximum Gasteiger partial charge on any atom is 0.248 e. The summed E-state index contributed by atoms with van der Waals surface area (Å²) < 4.78 is 31.8. The number of methoxy groups -OCH3 is 1. The number of hydrogen-bond donors (Lipinski definition) is 1. The van der Waals surface area contributed by atoms with Crippen LogP contribution in [0, 0.1) is 11.8 Å². The zero-order chi connectivity index (χ0) is 12.5. The summed E-state index contributed by atoms with van der Waals surface area (Å²) in [7, 11) is 1.57. The molecule has 0 bridgehead atoms. The SMILES string of the molecule is COCC1(NC=O)CC2CCC(F)(F)CC2C1. The van der Waals surface area contributed by atoms with E-state index < -0.39 is 11.5 Å². The summed E-state index contributed by atoms with van der Waals surface area (Å²) in [5, 5.41) is 2.79. The van der Waals surface area contributed by atoms with Crippen molar-refractivity contribution in [1.29, 1.82) is 0 Å². The van der Waals surface area contributed by atoms with E-state index in [9.17, 15) is 13.6 Å². The molecule has 0 aromatic rings. The van der Waals surface area contributed by atoms with Crippen molar-refractivity contribution in [2.45, 2.75) is 43.6 Å². The number of hydrogen-bond acceptors (Lipinski definition) is 2. The van der Waals surface area contributed by atoms with Crippen LogP contribution in [0.4, 0.5) is 8.78 Å². The van der Waals surface area contributed by atoms with Gasteiger partial charge < -0.3 is 10.1 Å². The Balaban J connectivity index is 2.07. The highest BCUT2D eigenvalue weighted by Gasteiger charge is 2.51. The van der Waals surface area contributed by atoms with Crippen molar-refractivity contribution in [3.05, 3.63) is 0 Å². The van der Waals surface area contributed by atoms with Gasteiger partial charge in [-0.3, -0.25) is 4.79 Å². The molecule has 0 aliphatic heterocycles. The fraction of sp³-hybridized carbons (Fsp3) is 0.917. The first-order valence-electron chi connectivity index (χ1n) is 6.08. The number of amides is 1. The third-order valence-electron chi connectivity index (χ3n) is 4.20. The molecule has 2 rings (SSSR count). The molecule has 2 fully saturated rings. The highest BCUT2D eigenvalue weighted by atomic mass is 19.3. The van der Waals surface area contributed by atoms with Gasteiger partial charge in [-0.25, -0.2) is 8.78 Å². The number of rotatable bonds is 4. The van der Waals surface area contributed by atoms with Crippen molar-refractivity contribution in [3.8, 4) is 0 Å². The van der Waals surface area contributed by atoms with E-state index in [1.54, 1.807) is 7.11 Å². The number of nitrogens with one attached hydrogen (secondary N) is 1. The molecule has 0 radical (unpaired) electrons. The summed E-state index contributed by atoms with van der Waals surface area (Å²) in [6.07, 6.45) is 2.54. The third-order valence-corrected chi connectivity index (χ3v) is 4.20. The lowest BCUT2D eigenvalue weighted by atomic mass is 9.80. The predicted octanol–water partition coefficient (Wildman–Crippen LogP) is 1.96. The van der Waals surface area contributed by atoms with Gasteiger partial charge in [-0.2, -0.15) is 0 Å². The Bertz CT molecular complexity index is 298. The molecule has 0 aromatic heterocycles. The number of halogens is 2. The summed E-state index contributed by atoms with van der Waals surface area (Å²) in [6.45, 7) is 0.407. The Hall–Kier alpha value is -0.710. The number of carbonyl (C=O) groups excluding carboxylic acids is 1. The van der Waals surface area contributed by atoms with Gasteiger partial charge in [-0.05, 0) is 31.1 Å². The van der Waals surface area contributed by atoms with Gasteiger partial charge in [0.05, 0.1) is 12.1 Å². The van der Waals surface area contributed by atoms with Crippen molar-refractivity contribution >= 4 is 6.41 Å². The molecule has 1 amide bonds. The fourth-order valence-corrected chi connectivity index (χ4v) is 3.56. The Kier molecular flexibility index (Phi) is 3.39. The summed E-state index contributed by atoms with van der Waals surface area (Å²) in [5.74, 6) is -2.20. The highest BCUT2D eigenvalue weighted by molar-refractivity contribution is 5.48. The smallest absolute Gasteiger partial charge is 0.248 e. The minimum atomic E-state index is -2.52. The number of fused-ring (bicyclic) bond motifs is 1. The molecule has 3 unspecified atom stereocenters. The van der Waals surface area contributed by atoms with Gasteiger partial charge in [-0.1, -0.05) is 0 Å². The summed E-state index contributed by atoms with van der Waals surface area (Å²) in [5.41, 5.74) is -0.424. The highest BCUT2D eigenvalue weighted by Crippen LogP contribution is 2.51. The van der Waals surface area contributed by atoms with Gasteiger partial charge in [0.2, 0.25) is 12.3 Å². The van der Waals surface area contributed by atoms with Crippen LogP contribution in [-0.2, 0) is 9.53 Å². The van der Waals surface area contributed by atoms with Crippen LogP contribution in [0.5, 0.6) is 0 Å². The van der Waals surface area contributed by atoms with E-state index in [1.165, 1.54) is 0 Å². The largest absolute Gasteiger partial charge is 0.382 e. The normalized spacial score (nSPS) is 39.7. The molecule has 98 valence electrons. The minimum Gasteiger partial charge on any atom is -0.382 e. The Labute approximate surface area is 99.9 Å². The lowest BCUT2D eigenvalue weighted by molar-refractivity contribution is -0.111. The molecular formula is C12H19F2NO2. The van der Waals surface area contributed by atoms with Crippen molar-refractivity contribution < 1.29 is 18.3 Å². The average Bonchev–Trinajstić information content (AvgIpc) is 2.55. The second kappa shape index (κ2) is 4.52. The number of carbonyl (C=O) groups is 1. The van der Waals surface area contributed by atoms with Crippen LogP contribution < -0.4 is 5.32 Å². The lowest BCUT2D eigenvalue weighted by Crippen LogP contribution is -2.46. The zero-order valence-electron chi connectivity index (χ0n) is 10.0. The van der Waals surface area contributed by atoms with E-state index in [2.05, 4.69) is 5.32 Å². The fourth-order valence-electron chi connectivity index (χ4n) is 3.56. The molecule has 2 saturated carbocycles.